The van der Waals surface area contributed by atoms with Crippen LogP contribution in [-0.2, 0) is 4.79 Å². The second kappa shape index (κ2) is 7.75. The summed E-state index contributed by atoms with van der Waals surface area (Å²) in [4.78, 5) is 19.8. The molecule has 2 atom stereocenters. The quantitative estimate of drug-likeness (QED) is 0.832. The van der Waals surface area contributed by atoms with Crippen molar-refractivity contribution in [3.63, 3.8) is 0 Å². The fraction of sp³-hybridized carbons (Fsp3) is 0.941. The number of amides is 1. The smallest absolute Gasteiger partial charge is 0.236 e. The molecule has 0 saturated carbocycles. The number of nitrogens with one attached hydrogen (secondary N) is 1. The normalized spacial score (nSPS) is 31.6. The number of nitrogens with zero attached hydrogens (tertiary/aromatic N) is 3. The van der Waals surface area contributed by atoms with Gasteiger partial charge in [0.05, 0.1) is 6.54 Å². The van der Waals surface area contributed by atoms with Gasteiger partial charge in [-0.2, -0.15) is 0 Å². The third kappa shape index (κ3) is 3.81. The van der Waals surface area contributed by atoms with Crippen LogP contribution in [0.2, 0.25) is 0 Å². The maximum Gasteiger partial charge on any atom is 0.236 e. The highest BCUT2D eigenvalue weighted by Crippen LogP contribution is 2.21. The second-order valence-electron chi connectivity index (χ2n) is 7.11. The van der Waals surface area contributed by atoms with Crippen LogP contribution in [0, 0.1) is 0 Å². The average Bonchev–Trinajstić information content (AvgIpc) is 3.04. The molecule has 3 heterocycles. The molecule has 1 N–H and O–H groups in total. The third-order valence-electron chi connectivity index (χ3n) is 5.69. The maximum absolute atomic E-state index is 12.7. The molecule has 0 aromatic carbocycles. The molecular formula is C17H32N4O. The minimum Gasteiger partial charge on any atom is -0.339 e. The van der Waals surface area contributed by atoms with Gasteiger partial charge in [-0.05, 0) is 32.1 Å². The van der Waals surface area contributed by atoms with E-state index in [0.29, 0.717) is 24.5 Å². The average molecular weight is 308 g/mol. The lowest BCUT2D eigenvalue weighted by molar-refractivity contribution is -0.136. The lowest BCUT2D eigenvalue weighted by Gasteiger charge is -2.36. The molecule has 5 heteroatoms. The van der Waals surface area contributed by atoms with Gasteiger partial charge in [-0.25, -0.2) is 0 Å². The Balaban J connectivity index is 1.47. The Morgan fingerprint density at radius 1 is 1.09 bits per heavy atom. The molecule has 3 aliphatic rings. The van der Waals surface area contributed by atoms with E-state index in [1.54, 1.807) is 0 Å². The number of hydrogen-bond donors (Lipinski definition) is 1. The molecule has 3 saturated heterocycles. The summed E-state index contributed by atoms with van der Waals surface area (Å²) in [6.45, 7) is 10.6. The van der Waals surface area contributed by atoms with Crippen LogP contribution in [-0.4, -0.2) is 85.0 Å². The van der Waals surface area contributed by atoms with Crippen LogP contribution in [0.25, 0.3) is 0 Å². The Morgan fingerprint density at radius 2 is 1.91 bits per heavy atom. The molecule has 0 aliphatic carbocycles. The largest absolute Gasteiger partial charge is 0.339 e. The molecule has 0 spiro atoms. The summed E-state index contributed by atoms with van der Waals surface area (Å²) < 4.78 is 0. The van der Waals surface area contributed by atoms with E-state index in [1.165, 1.54) is 25.7 Å². The van der Waals surface area contributed by atoms with E-state index >= 15 is 0 Å². The highest BCUT2D eigenvalue weighted by atomic mass is 16.2. The summed E-state index contributed by atoms with van der Waals surface area (Å²) in [6.07, 6.45) is 6.01. The lowest BCUT2D eigenvalue weighted by atomic mass is 10.00. The summed E-state index contributed by atoms with van der Waals surface area (Å²) in [5, 5.41) is 3.42. The Morgan fingerprint density at radius 3 is 2.68 bits per heavy atom. The molecule has 3 rings (SSSR count). The Labute approximate surface area is 135 Å². The van der Waals surface area contributed by atoms with Crippen molar-refractivity contribution >= 4 is 5.91 Å². The van der Waals surface area contributed by atoms with Crippen LogP contribution < -0.4 is 5.32 Å². The number of likely N-dealkylation sites (tertiary alicyclic amines) is 2. The maximum atomic E-state index is 12.7. The zero-order chi connectivity index (χ0) is 15.4. The van der Waals surface area contributed by atoms with Crippen molar-refractivity contribution in [3.8, 4) is 0 Å². The Hall–Kier alpha value is -0.650. The van der Waals surface area contributed by atoms with E-state index < -0.39 is 0 Å². The zero-order valence-electron chi connectivity index (χ0n) is 14.1. The van der Waals surface area contributed by atoms with Gasteiger partial charge in [-0.3, -0.25) is 14.6 Å². The van der Waals surface area contributed by atoms with Crippen LogP contribution in [0.3, 0.4) is 0 Å². The van der Waals surface area contributed by atoms with Crippen LogP contribution in [0.1, 0.15) is 39.0 Å². The van der Waals surface area contributed by atoms with E-state index in [9.17, 15) is 4.79 Å². The Bertz CT molecular complexity index is 370. The SMILES string of the molecule is CCC1CCCCN1C(=O)CN1CCC(N2CCNCC2)C1. The first-order chi connectivity index (χ1) is 10.8. The fourth-order valence-corrected chi connectivity index (χ4v) is 4.34. The van der Waals surface area contributed by atoms with Crippen LogP contribution in [0.5, 0.6) is 0 Å². The highest BCUT2D eigenvalue weighted by Gasteiger charge is 2.31. The molecular weight excluding hydrogens is 276 g/mol. The highest BCUT2D eigenvalue weighted by molar-refractivity contribution is 5.78. The van der Waals surface area contributed by atoms with Crippen molar-refractivity contribution in [2.45, 2.75) is 51.1 Å². The van der Waals surface area contributed by atoms with Crippen LogP contribution in [0.15, 0.2) is 0 Å². The molecule has 0 radical (unpaired) electrons. The molecule has 2 unspecified atom stereocenters. The number of piperazine rings is 1. The van der Waals surface area contributed by atoms with Crippen LogP contribution >= 0.6 is 0 Å². The Kier molecular flexibility index (Phi) is 5.71. The van der Waals surface area contributed by atoms with Crippen molar-refractivity contribution in [2.75, 3.05) is 52.4 Å². The summed E-state index contributed by atoms with van der Waals surface area (Å²) in [6, 6.07) is 1.16. The molecule has 126 valence electrons. The molecule has 3 aliphatic heterocycles. The number of carbonyl (C=O) groups excluding carboxylic acids is 1. The number of hydrogen-bond acceptors (Lipinski definition) is 4. The molecule has 1 amide bonds. The number of piperidine rings is 1. The summed E-state index contributed by atoms with van der Waals surface area (Å²) >= 11 is 0. The molecule has 22 heavy (non-hydrogen) atoms. The van der Waals surface area contributed by atoms with Crippen molar-refractivity contribution in [2.24, 2.45) is 0 Å². The van der Waals surface area contributed by atoms with Crippen molar-refractivity contribution in [1.29, 1.82) is 0 Å². The van der Waals surface area contributed by atoms with Crippen molar-refractivity contribution in [3.05, 3.63) is 0 Å². The van der Waals surface area contributed by atoms with Gasteiger partial charge in [0.2, 0.25) is 5.91 Å². The summed E-state index contributed by atoms with van der Waals surface area (Å²) in [5.74, 6) is 0.368. The van der Waals surface area contributed by atoms with Gasteiger partial charge in [0.15, 0.2) is 0 Å². The predicted octanol–water partition coefficient (Wildman–Crippen LogP) is 0.757. The predicted molar refractivity (Wildman–Crippen MR) is 88.9 cm³/mol. The zero-order valence-corrected chi connectivity index (χ0v) is 14.1. The molecule has 5 nitrogen and oxygen atoms in total. The second-order valence-corrected chi connectivity index (χ2v) is 7.11. The lowest BCUT2D eigenvalue weighted by Crippen LogP contribution is -2.50. The van der Waals surface area contributed by atoms with Gasteiger partial charge in [0, 0.05) is 57.9 Å². The minimum absolute atomic E-state index is 0.368. The number of rotatable bonds is 4. The summed E-state index contributed by atoms with van der Waals surface area (Å²) in [5.41, 5.74) is 0. The van der Waals surface area contributed by atoms with Gasteiger partial charge < -0.3 is 10.2 Å². The van der Waals surface area contributed by atoms with Gasteiger partial charge in [0.25, 0.3) is 0 Å². The number of carbonyl (C=O) groups is 1. The van der Waals surface area contributed by atoms with Gasteiger partial charge in [0.1, 0.15) is 0 Å². The minimum atomic E-state index is 0.368. The first-order valence-electron chi connectivity index (χ1n) is 9.24. The van der Waals surface area contributed by atoms with E-state index in [-0.39, 0.29) is 0 Å². The van der Waals surface area contributed by atoms with E-state index in [1.807, 2.05) is 0 Å². The molecule has 3 fully saturated rings. The first-order valence-corrected chi connectivity index (χ1v) is 9.24. The monoisotopic (exact) mass is 308 g/mol. The van der Waals surface area contributed by atoms with Gasteiger partial charge in [-0.1, -0.05) is 6.92 Å². The topological polar surface area (TPSA) is 38.8 Å². The first kappa shape index (κ1) is 16.2. The van der Waals surface area contributed by atoms with E-state index in [2.05, 4.69) is 26.9 Å². The molecule has 0 aromatic heterocycles. The molecule has 0 bridgehead atoms. The molecule has 0 aromatic rings. The van der Waals surface area contributed by atoms with Crippen LogP contribution in [0.4, 0.5) is 0 Å². The third-order valence-corrected chi connectivity index (χ3v) is 5.69. The van der Waals surface area contributed by atoms with E-state index in [0.717, 1.165) is 52.2 Å². The van der Waals surface area contributed by atoms with Crippen molar-refractivity contribution in [1.82, 2.24) is 20.0 Å². The van der Waals surface area contributed by atoms with Gasteiger partial charge in [-0.15, -0.1) is 0 Å². The van der Waals surface area contributed by atoms with Crippen molar-refractivity contribution < 1.29 is 4.79 Å². The van der Waals surface area contributed by atoms with Gasteiger partial charge >= 0.3 is 0 Å². The summed E-state index contributed by atoms with van der Waals surface area (Å²) in [7, 11) is 0. The van der Waals surface area contributed by atoms with E-state index in [4.69, 9.17) is 0 Å². The fourth-order valence-electron chi connectivity index (χ4n) is 4.34. The standard InChI is InChI=1S/C17H32N4O/c1-2-15-5-3-4-9-21(15)17(22)14-19-10-6-16(13-19)20-11-7-18-8-12-20/h15-16,18H,2-14H2,1H3.